The summed E-state index contributed by atoms with van der Waals surface area (Å²) in [6.45, 7) is 8.39. The van der Waals surface area contributed by atoms with Crippen LogP contribution in [0.2, 0.25) is 0 Å². The van der Waals surface area contributed by atoms with Crippen molar-refractivity contribution in [3.63, 3.8) is 0 Å². The molecule has 0 radical (unpaired) electrons. The molecule has 1 N–H and O–H groups in total. The quantitative estimate of drug-likeness (QED) is 0.891. The molecule has 1 amide bonds. The summed E-state index contributed by atoms with van der Waals surface area (Å²) in [7, 11) is 1.87. The fraction of sp³-hybridized carbons (Fsp3) is 0.692. The van der Waals surface area contributed by atoms with E-state index >= 15 is 0 Å². The van der Waals surface area contributed by atoms with Crippen LogP contribution >= 0.6 is 12.4 Å². The lowest BCUT2D eigenvalue weighted by atomic mass is 10.2. The van der Waals surface area contributed by atoms with Crippen molar-refractivity contribution in [2.75, 3.05) is 26.2 Å². The van der Waals surface area contributed by atoms with Crippen molar-refractivity contribution in [2.45, 2.75) is 26.8 Å². The van der Waals surface area contributed by atoms with Crippen molar-refractivity contribution in [2.24, 2.45) is 7.05 Å². The molecule has 0 spiro atoms. The molecular formula is C13H23ClN4O2. The third-order valence-electron chi connectivity index (χ3n) is 3.60. The molecule has 1 aromatic heterocycles. The van der Waals surface area contributed by atoms with Crippen LogP contribution in [0.1, 0.15) is 18.3 Å². The number of piperazine rings is 1. The highest BCUT2D eigenvalue weighted by molar-refractivity contribution is 5.85. The molecule has 0 bridgehead atoms. The van der Waals surface area contributed by atoms with Crippen LogP contribution in [0.25, 0.3) is 0 Å². The van der Waals surface area contributed by atoms with Gasteiger partial charge in [0, 0.05) is 32.7 Å². The molecule has 1 aliphatic heterocycles. The molecule has 7 heteroatoms. The average molecular weight is 303 g/mol. The smallest absolute Gasteiger partial charge is 0.260 e. The number of aromatic nitrogens is 2. The zero-order valence-electron chi connectivity index (χ0n) is 12.5. The van der Waals surface area contributed by atoms with Crippen LogP contribution in [0.4, 0.5) is 0 Å². The van der Waals surface area contributed by atoms with Gasteiger partial charge in [0.15, 0.2) is 12.4 Å². The van der Waals surface area contributed by atoms with Gasteiger partial charge in [-0.05, 0) is 20.8 Å². The number of halogens is 1. The number of hydrogen-bond acceptors (Lipinski definition) is 4. The van der Waals surface area contributed by atoms with E-state index in [-0.39, 0.29) is 31.0 Å². The molecule has 2 rings (SSSR count). The van der Waals surface area contributed by atoms with Crippen LogP contribution in [0, 0.1) is 13.8 Å². The zero-order valence-corrected chi connectivity index (χ0v) is 13.3. The van der Waals surface area contributed by atoms with Gasteiger partial charge in [-0.1, -0.05) is 0 Å². The molecule has 0 aromatic carbocycles. The Labute approximate surface area is 125 Å². The van der Waals surface area contributed by atoms with Gasteiger partial charge in [0.1, 0.15) is 5.69 Å². The van der Waals surface area contributed by atoms with Crippen LogP contribution in [0.15, 0.2) is 0 Å². The second-order valence-electron chi connectivity index (χ2n) is 5.05. The SMILES string of the molecule is Cc1nn(C)c(C)c1OCC(=O)N1CCNC[C@H]1C.Cl. The Hall–Kier alpha value is -1.27. The highest BCUT2D eigenvalue weighted by Crippen LogP contribution is 2.21. The number of rotatable bonds is 3. The molecule has 1 aliphatic rings. The maximum Gasteiger partial charge on any atom is 0.260 e. The summed E-state index contributed by atoms with van der Waals surface area (Å²) in [6, 6.07) is 0.223. The third kappa shape index (κ3) is 3.43. The summed E-state index contributed by atoms with van der Waals surface area (Å²) >= 11 is 0. The average Bonchev–Trinajstić information content (AvgIpc) is 2.61. The van der Waals surface area contributed by atoms with E-state index < -0.39 is 0 Å². The summed E-state index contributed by atoms with van der Waals surface area (Å²) in [6.07, 6.45) is 0. The highest BCUT2D eigenvalue weighted by atomic mass is 35.5. The standard InChI is InChI=1S/C13H22N4O2.ClH/c1-9-7-14-5-6-17(9)12(18)8-19-13-10(2)15-16(4)11(13)3;/h9,14H,5-8H2,1-4H3;1H/t9-;/m1./s1. The lowest BCUT2D eigenvalue weighted by Gasteiger charge is -2.33. The molecule has 2 heterocycles. The number of carbonyl (C=O) groups excluding carboxylic acids is 1. The molecular weight excluding hydrogens is 280 g/mol. The minimum absolute atomic E-state index is 0. The molecule has 0 aliphatic carbocycles. The van der Waals surface area contributed by atoms with E-state index in [2.05, 4.69) is 10.4 Å². The minimum atomic E-state index is 0. The number of hydrogen-bond donors (Lipinski definition) is 1. The topological polar surface area (TPSA) is 59.4 Å². The van der Waals surface area contributed by atoms with E-state index in [1.165, 1.54) is 0 Å². The summed E-state index contributed by atoms with van der Waals surface area (Å²) in [5.74, 6) is 0.760. The first-order valence-corrected chi connectivity index (χ1v) is 6.64. The van der Waals surface area contributed by atoms with Gasteiger partial charge >= 0.3 is 0 Å². The van der Waals surface area contributed by atoms with Crippen molar-refractivity contribution < 1.29 is 9.53 Å². The first kappa shape index (κ1) is 16.8. The number of aryl methyl sites for hydroxylation is 2. The highest BCUT2D eigenvalue weighted by Gasteiger charge is 2.23. The predicted octanol–water partition coefficient (Wildman–Crippen LogP) is 0.658. The van der Waals surface area contributed by atoms with Gasteiger partial charge in [-0.25, -0.2) is 0 Å². The molecule has 1 saturated heterocycles. The molecule has 1 aromatic rings. The normalized spacial score (nSPS) is 18.6. The van der Waals surface area contributed by atoms with Crippen LogP contribution in [0.5, 0.6) is 5.75 Å². The first-order valence-electron chi connectivity index (χ1n) is 6.64. The Morgan fingerprint density at radius 2 is 2.20 bits per heavy atom. The first-order chi connectivity index (χ1) is 9.00. The molecule has 0 unspecified atom stereocenters. The Kier molecular flexibility index (Phi) is 5.83. The second kappa shape index (κ2) is 6.95. The van der Waals surface area contributed by atoms with E-state index in [4.69, 9.17) is 4.74 Å². The van der Waals surface area contributed by atoms with Crippen LogP contribution in [0.3, 0.4) is 0 Å². The Bertz CT molecular complexity index is 475. The Morgan fingerprint density at radius 1 is 1.50 bits per heavy atom. The van der Waals surface area contributed by atoms with Crippen molar-refractivity contribution in [1.82, 2.24) is 20.0 Å². The van der Waals surface area contributed by atoms with Crippen LogP contribution in [-0.4, -0.2) is 52.9 Å². The summed E-state index contributed by atoms with van der Waals surface area (Å²) in [5.41, 5.74) is 1.76. The van der Waals surface area contributed by atoms with Gasteiger partial charge in [0.05, 0.1) is 5.69 Å². The zero-order chi connectivity index (χ0) is 14.0. The van der Waals surface area contributed by atoms with Gasteiger partial charge in [-0.15, -0.1) is 12.4 Å². The lowest BCUT2D eigenvalue weighted by molar-refractivity contribution is -0.136. The Morgan fingerprint density at radius 3 is 2.75 bits per heavy atom. The Balaban J connectivity index is 0.00000200. The van der Waals surface area contributed by atoms with Crippen molar-refractivity contribution in [3.8, 4) is 5.75 Å². The summed E-state index contributed by atoms with van der Waals surface area (Å²) in [4.78, 5) is 14.0. The maximum atomic E-state index is 12.2. The van der Waals surface area contributed by atoms with Gasteiger partial charge in [0.2, 0.25) is 0 Å². The fourth-order valence-corrected chi connectivity index (χ4v) is 2.39. The van der Waals surface area contributed by atoms with Gasteiger partial charge in [0.25, 0.3) is 5.91 Å². The number of amides is 1. The summed E-state index contributed by atoms with van der Waals surface area (Å²) < 4.78 is 7.42. The molecule has 114 valence electrons. The number of carbonyl (C=O) groups is 1. The number of ether oxygens (including phenoxy) is 1. The molecule has 6 nitrogen and oxygen atoms in total. The fourth-order valence-electron chi connectivity index (χ4n) is 2.39. The number of nitrogens with one attached hydrogen (secondary N) is 1. The third-order valence-corrected chi connectivity index (χ3v) is 3.60. The molecule has 1 atom stereocenters. The molecule has 1 fully saturated rings. The number of nitrogens with zero attached hydrogens (tertiary/aromatic N) is 3. The van der Waals surface area contributed by atoms with Gasteiger partial charge < -0.3 is 15.0 Å². The van der Waals surface area contributed by atoms with Gasteiger partial charge in [-0.2, -0.15) is 5.10 Å². The van der Waals surface area contributed by atoms with Crippen LogP contribution < -0.4 is 10.1 Å². The van der Waals surface area contributed by atoms with E-state index in [1.54, 1.807) is 4.68 Å². The van der Waals surface area contributed by atoms with E-state index in [0.717, 1.165) is 36.8 Å². The maximum absolute atomic E-state index is 12.2. The summed E-state index contributed by atoms with van der Waals surface area (Å²) in [5, 5.41) is 7.54. The molecule has 20 heavy (non-hydrogen) atoms. The molecule has 0 saturated carbocycles. The van der Waals surface area contributed by atoms with E-state index in [9.17, 15) is 4.79 Å². The predicted molar refractivity (Wildman–Crippen MR) is 79.5 cm³/mol. The van der Waals surface area contributed by atoms with Crippen molar-refractivity contribution in [1.29, 1.82) is 0 Å². The monoisotopic (exact) mass is 302 g/mol. The van der Waals surface area contributed by atoms with E-state index in [0.29, 0.717) is 0 Å². The van der Waals surface area contributed by atoms with Gasteiger partial charge in [-0.3, -0.25) is 9.48 Å². The van der Waals surface area contributed by atoms with Crippen molar-refractivity contribution in [3.05, 3.63) is 11.4 Å². The second-order valence-corrected chi connectivity index (χ2v) is 5.05. The lowest BCUT2D eigenvalue weighted by Crippen LogP contribution is -2.53. The van der Waals surface area contributed by atoms with Crippen molar-refractivity contribution >= 4 is 18.3 Å². The largest absolute Gasteiger partial charge is 0.480 e. The van der Waals surface area contributed by atoms with Crippen LogP contribution in [-0.2, 0) is 11.8 Å². The minimum Gasteiger partial charge on any atom is -0.480 e. The van der Waals surface area contributed by atoms with E-state index in [1.807, 2.05) is 32.7 Å².